The number of alkyl halides is 3. The van der Waals surface area contributed by atoms with Crippen LogP contribution in [0.1, 0.15) is 17.5 Å². The molecule has 0 aliphatic heterocycles. The van der Waals surface area contributed by atoms with Gasteiger partial charge in [0.25, 0.3) is 5.91 Å². The van der Waals surface area contributed by atoms with E-state index in [1.54, 1.807) is 0 Å². The highest BCUT2D eigenvalue weighted by atomic mass is 19.4. The lowest BCUT2D eigenvalue weighted by Gasteiger charge is -2.19. The van der Waals surface area contributed by atoms with Gasteiger partial charge in [-0.25, -0.2) is 9.86 Å². The topological polar surface area (TPSA) is 83.9 Å². The minimum absolute atomic E-state index is 0.222. The number of ketones is 1. The van der Waals surface area contributed by atoms with Crippen molar-refractivity contribution in [2.75, 3.05) is 7.11 Å². The number of carbonyl (C=O) groups is 3. The van der Waals surface area contributed by atoms with E-state index in [-0.39, 0.29) is 6.54 Å². The fourth-order valence-electron chi connectivity index (χ4n) is 1.52. The number of carboxylic acid groups (broad SMARTS) is 1. The van der Waals surface area contributed by atoms with Gasteiger partial charge in [-0.2, -0.15) is 13.2 Å². The molecule has 6 nitrogen and oxygen atoms in total. The van der Waals surface area contributed by atoms with Gasteiger partial charge in [0.15, 0.2) is 0 Å². The summed E-state index contributed by atoms with van der Waals surface area (Å²) >= 11 is 0. The molecule has 0 aliphatic rings. The van der Waals surface area contributed by atoms with E-state index in [1.165, 1.54) is 0 Å². The third kappa shape index (κ3) is 4.85. The monoisotopic (exact) mass is 319 g/mol. The van der Waals surface area contributed by atoms with Gasteiger partial charge in [-0.05, 0) is 17.7 Å². The Morgan fingerprint density at radius 2 is 1.73 bits per heavy atom. The zero-order valence-electron chi connectivity index (χ0n) is 11.4. The lowest BCUT2D eigenvalue weighted by atomic mass is 10.1. The van der Waals surface area contributed by atoms with Crippen molar-refractivity contribution in [3.8, 4) is 0 Å². The van der Waals surface area contributed by atoms with Gasteiger partial charge >= 0.3 is 12.1 Å². The molecule has 1 rings (SSSR count). The number of benzene rings is 1. The molecule has 0 aliphatic carbocycles. The summed E-state index contributed by atoms with van der Waals surface area (Å²) in [6.07, 6.45) is -5.37. The van der Waals surface area contributed by atoms with Crippen LogP contribution in [0.25, 0.3) is 0 Å². The molecule has 0 fully saturated rings. The first-order valence-electron chi connectivity index (χ1n) is 5.92. The van der Waals surface area contributed by atoms with E-state index in [0.717, 1.165) is 31.4 Å². The van der Waals surface area contributed by atoms with Gasteiger partial charge in [-0.3, -0.25) is 14.4 Å². The van der Waals surface area contributed by atoms with Gasteiger partial charge in [0.05, 0.1) is 25.6 Å². The molecule has 0 heterocycles. The van der Waals surface area contributed by atoms with E-state index >= 15 is 0 Å². The molecule has 1 amide bonds. The molecule has 0 radical (unpaired) electrons. The minimum atomic E-state index is -4.47. The molecule has 0 bridgehead atoms. The molecule has 0 atom stereocenters. The predicted octanol–water partition coefficient (Wildman–Crippen LogP) is 1.64. The zero-order valence-corrected chi connectivity index (χ0v) is 11.4. The molecule has 0 saturated carbocycles. The van der Waals surface area contributed by atoms with Crippen molar-refractivity contribution >= 4 is 17.7 Å². The van der Waals surface area contributed by atoms with Crippen LogP contribution in [0.5, 0.6) is 0 Å². The van der Waals surface area contributed by atoms with Crippen LogP contribution >= 0.6 is 0 Å². The molecule has 1 aromatic rings. The highest BCUT2D eigenvalue weighted by Crippen LogP contribution is 2.29. The van der Waals surface area contributed by atoms with Crippen molar-refractivity contribution in [1.82, 2.24) is 5.06 Å². The van der Waals surface area contributed by atoms with Crippen LogP contribution < -0.4 is 0 Å². The molecule has 9 heteroatoms. The zero-order chi connectivity index (χ0) is 16.9. The van der Waals surface area contributed by atoms with Gasteiger partial charge in [-0.15, -0.1) is 0 Å². The van der Waals surface area contributed by atoms with Crippen LogP contribution in [0.15, 0.2) is 24.3 Å². The Labute approximate surface area is 123 Å². The summed E-state index contributed by atoms with van der Waals surface area (Å²) in [6, 6.07) is 3.99. The summed E-state index contributed by atoms with van der Waals surface area (Å²) in [5.41, 5.74) is -0.515. The van der Waals surface area contributed by atoms with E-state index in [0.29, 0.717) is 10.6 Å². The summed E-state index contributed by atoms with van der Waals surface area (Å²) < 4.78 is 37.2. The quantitative estimate of drug-likeness (QED) is 0.489. The lowest BCUT2D eigenvalue weighted by molar-refractivity contribution is -0.180. The lowest BCUT2D eigenvalue weighted by Crippen LogP contribution is -2.32. The van der Waals surface area contributed by atoms with Gasteiger partial charge in [0.1, 0.15) is 0 Å². The number of Topliss-reactive ketones (excluding diaryl/α,β-unsaturated/α-hetero) is 1. The maximum Gasteiger partial charge on any atom is 0.416 e. The standard InChI is InChI=1S/C13H12F3NO5/c1-22-17(11(19)6-10(18)12(20)21)7-8-2-4-9(5-3-8)13(14,15)16/h2-5H,6-7H2,1H3,(H,20,21). The van der Waals surface area contributed by atoms with Crippen LogP contribution in [0.2, 0.25) is 0 Å². The number of amides is 1. The largest absolute Gasteiger partial charge is 0.475 e. The molecule has 1 aromatic carbocycles. The molecule has 1 N–H and O–H groups in total. The Morgan fingerprint density at radius 3 is 2.14 bits per heavy atom. The normalized spacial score (nSPS) is 11.1. The van der Waals surface area contributed by atoms with Crippen molar-refractivity contribution in [2.24, 2.45) is 0 Å². The predicted molar refractivity (Wildman–Crippen MR) is 66.3 cm³/mol. The first-order valence-corrected chi connectivity index (χ1v) is 5.92. The van der Waals surface area contributed by atoms with Gasteiger partial charge in [0, 0.05) is 0 Å². The van der Waals surface area contributed by atoms with Crippen LogP contribution in [-0.2, 0) is 31.9 Å². The summed E-state index contributed by atoms with van der Waals surface area (Å²) in [4.78, 5) is 37.7. The van der Waals surface area contributed by atoms with E-state index in [2.05, 4.69) is 0 Å². The van der Waals surface area contributed by atoms with Crippen molar-refractivity contribution in [1.29, 1.82) is 0 Å². The van der Waals surface area contributed by atoms with E-state index in [9.17, 15) is 27.6 Å². The third-order valence-electron chi connectivity index (χ3n) is 2.66. The minimum Gasteiger partial charge on any atom is -0.475 e. The van der Waals surface area contributed by atoms with Gasteiger partial charge in [0.2, 0.25) is 5.78 Å². The average Bonchev–Trinajstić information content (AvgIpc) is 2.43. The van der Waals surface area contributed by atoms with Gasteiger partial charge < -0.3 is 5.11 Å². The molecular weight excluding hydrogens is 307 g/mol. The van der Waals surface area contributed by atoms with Crippen molar-refractivity contribution in [3.63, 3.8) is 0 Å². The molecule has 0 spiro atoms. The molecular formula is C13H12F3NO5. The number of aliphatic carboxylic acids is 1. The second kappa shape index (κ2) is 7.03. The van der Waals surface area contributed by atoms with Crippen molar-refractivity contribution in [3.05, 3.63) is 35.4 Å². The van der Waals surface area contributed by atoms with Crippen LogP contribution in [0, 0.1) is 0 Å². The molecule has 0 saturated heterocycles. The highest BCUT2D eigenvalue weighted by Gasteiger charge is 2.30. The molecule has 120 valence electrons. The Balaban J connectivity index is 2.76. The van der Waals surface area contributed by atoms with Crippen LogP contribution in [0.3, 0.4) is 0 Å². The van der Waals surface area contributed by atoms with Crippen LogP contribution in [0.4, 0.5) is 13.2 Å². The number of hydrogen-bond acceptors (Lipinski definition) is 4. The van der Waals surface area contributed by atoms with Gasteiger partial charge in [-0.1, -0.05) is 12.1 Å². The molecule has 22 heavy (non-hydrogen) atoms. The summed E-state index contributed by atoms with van der Waals surface area (Å²) in [6.45, 7) is -0.222. The second-order valence-corrected chi connectivity index (χ2v) is 4.21. The number of hydrogen-bond donors (Lipinski definition) is 1. The smallest absolute Gasteiger partial charge is 0.416 e. The molecule has 0 unspecified atom stereocenters. The third-order valence-corrected chi connectivity index (χ3v) is 2.66. The van der Waals surface area contributed by atoms with Crippen molar-refractivity contribution < 1.29 is 37.5 Å². The SMILES string of the molecule is CON(Cc1ccc(C(F)(F)F)cc1)C(=O)CC(=O)C(=O)O. The van der Waals surface area contributed by atoms with Crippen molar-refractivity contribution in [2.45, 2.75) is 19.1 Å². The number of carbonyl (C=O) groups excluding carboxylic acids is 2. The first kappa shape index (κ1) is 17.6. The highest BCUT2D eigenvalue weighted by molar-refractivity contribution is 6.36. The number of rotatable bonds is 6. The summed E-state index contributed by atoms with van der Waals surface area (Å²) in [5.74, 6) is -3.96. The summed E-state index contributed by atoms with van der Waals surface area (Å²) in [7, 11) is 1.12. The fourth-order valence-corrected chi connectivity index (χ4v) is 1.52. The number of carboxylic acids is 1. The fraction of sp³-hybridized carbons (Fsp3) is 0.308. The Kier molecular flexibility index (Phi) is 5.63. The summed E-state index contributed by atoms with van der Waals surface area (Å²) in [5, 5.41) is 9.11. The van der Waals surface area contributed by atoms with Crippen LogP contribution in [-0.4, -0.2) is 34.9 Å². The number of nitrogens with zero attached hydrogens (tertiary/aromatic N) is 1. The Morgan fingerprint density at radius 1 is 1.18 bits per heavy atom. The average molecular weight is 319 g/mol. The maximum absolute atomic E-state index is 12.4. The number of halogens is 3. The Bertz CT molecular complexity index is 568. The van der Waals surface area contributed by atoms with E-state index in [1.807, 2.05) is 0 Å². The van der Waals surface area contributed by atoms with E-state index < -0.39 is 35.8 Å². The Hall–Kier alpha value is -2.42. The maximum atomic E-state index is 12.4. The second-order valence-electron chi connectivity index (χ2n) is 4.21. The molecule has 0 aromatic heterocycles. The van der Waals surface area contributed by atoms with E-state index in [4.69, 9.17) is 9.94 Å². The first-order chi connectivity index (χ1) is 10.1. The number of hydroxylamine groups is 2.